The molecule has 2 N–H and O–H groups in total. The number of aromatic hydroxyl groups is 1. The van der Waals surface area contributed by atoms with Gasteiger partial charge >= 0.3 is 6.03 Å². The number of nitrogens with zero attached hydrogens (tertiary/aromatic N) is 4. The predicted molar refractivity (Wildman–Crippen MR) is 151 cm³/mol. The fraction of sp³-hybridized carbons (Fsp3) is 0.300. The Morgan fingerprint density at radius 3 is 2.45 bits per heavy atom. The van der Waals surface area contributed by atoms with Crippen LogP contribution in [0.1, 0.15) is 22.3 Å². The van der Waals surface area contributed by atoms with Crippen molar-refractivity contribution in [2.24, 2.45) is 0 Å². The molecule has 0 saturated carbocycles. The number of carbonyl (C=O) groups excluding carboxylic acids is 3. The van der Waals surface area contributed by atoms with E-state index < -0.39 is 12.2 Å². The van der Waals surface area contributed by atoms with E-state index >= 15 is 0 Å². The fourth-order valence-electron chi connectivity index (χ4n) is 5.40. The van der Waals surface area contributed by atoms with E-state index in [1.54, 1.807) is 57.2 Å². The van der Waals surface area contributed by atoms with Crippen molar-refractivity contribution in [1.29, 1.82) is 0 Å². The smallest absolute Gasteiger partial charge is 0.334 e. The van der Waals surface area contributed by atoms with Crippen LogP contribution in [0.3, 0.4) is 0 Å². The first kappa shape index (κ1) is 27.5. The van der Waals surface area contributed by atoms with Gasteiger partial charge in [0.05, 0.1) is 13.1 Å². The van der Waals surface area contributed by atoms with Crippen LogP contribution in [-0.4, -0.2) is 75.1 Å². The lowest BCUT2D eigenvalue weighted by atomic mass is 9.98. The molecule has 0 aliphatic carbocycles. The van der Waals surface area contributed by atoms with E-state index in [2.05, 4.69) is 5.32 Å². The highest BCUT2D eigenvalue weighted by Gasteiger charge is 2.50. The maximum absolute atomic E-state index is 14.0. The molecule has 2 aliphatic rings. The number of nitrogens with one attached hydrogen (secondary N) is 1. The van der Waals surface area contributed by atoms with Gasteiger partial charge in [-0.2, -0.15) is 0 Å². The second-order valence-electron chi connectivity index (χ2n) is 10.3. The van der Waals surface area contributed by atoms with Gasteiger partial charge in [-0.1, -0.05) is 60.1 Å². The number of hydrogen-bond acceptors (Lipinski definition) is 5. The summed E-state index contributed by atoms with van der Waals surface area (Å²) in [6.45, 7) is 2.70. The molecule has 4 amide bonds. The average Bonchev–Trinajstić information content (AvgIpc) is 2.92. The number of phenolic OH excluding ortho intramolecular Hbond substituents is 1. The monoisotopic (exact) mass is 561 g/mol. The number of benzene rings is 3. The number of hydrogen-bond donors (Lipinski definition) is 2. The largest absolute Gasteiger partial charge is 0.508 e. The van der Waals surface area contributed by atoms with Crippen molar-refractivity contribution < 1.29 is 19.5 Å². The summed E-state index contributed by atoms with van der Waals surface area (Å²) < 4.78 is 0. The Hall–Kier alpha value is -4.08. The first-order valence-electron chi connectivity index (χ1n) is 13.2. The lowest BCUT2D eigenvalue weighted by Crippen LogP contribution is -2.76. The quantitative estimate of drug-likeness (QED) is 0.480. The normalized spacial score (nSPS) is 19.5. The summed E-state index contributed by atoms with van der Waals surface area (Å²) in [6.07, 6.45) is -0.449. The van der Waals surface area contributed by atoms with Gasteiger partial charge in [-0.25, -0.2) is 14.8 Å². The van der Waals surface area contributed by atoms with E-state index in [4.69, 9.17) is 11.6 Å². The van der Waals surface area contributed by atoms with Gasteiger partial charge in [0.1, 0.15) is 18.0 Å². The van der Waals surface area contributed by atoms with Crippen LogP contribution in [0.25, 0.3) is 0 Å². The Kier molecular flexibility index (Phi) is 7.95. The number of carbonyl (C=O) groups is 3. The van der Waals surface area contributed by atoms with Crippen molar-refractivity contribution in [1.82, 2.24) is 25.1 Å². The molecular weight excluding hydrogens is 530 g/mol. The number of rotatable bonds is 6. The van der Waals surface area contributed by atoms with Crippen LogP contribution in [-0.2, 0) is 29.1 Å². The minimum atomic E-state index is -0.818. The summed E-state index contributed by atoms with van der Waals surface area (Å²) >= 11 is 6.16. The van der Waals surface area contributed by atoms with Crippen molar-refractivity contribution in [3.63, 3.8) is 0 Å². The van der Waals surface area contributed by atoms with Crippen LogP contribution in [0.15, 0.2) is 72.8 Å². The SMILES string of the molecule is Cc1cc(Cl)ccc1CN1C[C@H]2N(C(=O)CN(C)N2C(=O)NCc2ccccc2)[C@@H](Cc2ccc(O)cc2)C1=O. The number of likely N-dealkylation sites (N-methyl/N-ethyl adjacent to an activating group) is 1. The maximum Gasteiger partial charge on any atom is 0.334 e. The van der Waals surface area contributed by atoms with Gasteiger partial charge < -0.3 is 20.2 Å². The molecule has 0 radical (unpaired) electrons. The Balaban J connectivity index is 1.47. The summed E-state index contributed by atoms with van der Waals surface area (Å²) in [4.78, 5) is 44.3. The van der Waals surface area contributed by atoms with E-state index in [1.165, 1.54) is 0 Å². The zero-order valence-electron chi connectivity index (χ0n) is 22.5. The molecule has 40 heavy (non-hydrogen) atoms. The predicted octanol–water partition coefficient (Wildman–Crippen LogP) is 3.53. The molecule has 0 aromatic heterocycles. The number of fused-ring (bicyclic) bond motifs is 1. The average molecular weight is 562 g/mol. The highest BCUT2D eigenvalue weighted by molar-refractivity contribution is 6.30. The number of phenols is 1. The molecule has 3 aromatic carbocycles. The van der Waals surface area contributed by atoms with Crippen LogP contribution >= 0.6 is 11.6 Å². The van der Waals surface area contributed by atoms with Gasteiger partial charge in [0, 0.05) is 31.6 Å². The second kappa shape index (κ2) is 11.6. The van der Waals surface area contributed by atoms with Crippen molar-refractivity contribution >= 4 is 29.4 Å². The van der Waals surface area contributed by atoms with Crippen molar-refractivity contribution in [3.8, 4) is 5.75 Å². The van der Waals surface area contributed by atoms with E-state index in [0.29, 0.717) is 18.1 Å². The van der Waals surface area contributed by atoms with Gasteiger partial charge in [-0.15, -0.1) is 0 Å². The van der Waals surface area contributed by atoms with E-state index in [1.807, 2.05) is 49.4 Å². The van der Waals surface area contributed by atoms with E-state index in [9.17, 15) is 19.5 Å². The molecule has 0 spiro atoms. The highest BCUT2D eigenvalue weighted by Crippen LogP contribution is 2.29. The van der Waals surface area contributed by atoms with Gasteiger partial charge in [0.25, 0.3) is 0 Å². The van der Waals surface area contributed by atoms with Crippen molar-refractivity contribution in [2.45, 2.75) is 38.6 Å². The lowest BCUT2D eigenvalue weighted by Gasteiger charge is -2.54. The highest BCUT2D eigenvalue weighted by atomic mass is 35.5. The molecule has 208 valence electrons. The number of amides is 4. The molecule has 2 saturated heterocycles. The summed E-state index contributed by atoms with van der Waals surface area (Å²) in [7, 11) is 1.70. The first-order valence-corrected chi connectivity index (χ1v) is 13.5. The second-order valence-corrected chi connectivity index (χ2v) is 10.7. The minimum absolute atomic E-state index is 0.0368. The van der Waals surface area contributed by atoms with Crippen LogP contribution < -0.4 is 5.32 Å². The molecule has 2 heterocycles. The zero-order valence-corrected chi connectivity index (χ0v) is 23.2. The molecule has 2 atom stereocenters. The molecular formula is C30H32ClN5O4. The van der Waals surface area contributed by atoms with Crippen LogP contribution in [0, 0.1) is 6.92 Å². The first-order chi connectivity index (χ1) is 19.2. The fourth-order valence-corrected chi connectivity index (χ4v) is 5.63. The van der Waals surface area contributed by atoms with Crippen molar-refractivity contribution in [2.75, 3.05) is 20.1 Å². The number of piperazine rings is 1. The van der Waals surface area contributed by atoms with E-state index in [-0.39, 0.29) is 43.1 Å². The molecule has 0 unspecified atom stereocenters. The molecule has 10 heteroatoms. The topological polar surface area (TPSA) is 96.4 Å². The Bertz CT molecular complexity index is 1400. The zero-order chi connectivity index (χ0) is 28.4. The van der Waals surface area contributed by atoms with Crippen LogP contribution in [0.5, 0.6) is 5.75 Å². The lowest BCUT2D eigenvalue weighted by molar-refractivity contribution is -0.187. The third-order valence-electron chi connectivity index (χ3n) is 7.47. The van der Waals surface area contributed by atoms with Crippen molar-refractivity contribution in [3.05, 3.63) is 100 Å². The van der Waals surface area contributed by atoms with Crippen LogP contribution in [0.2, 0.25) is 5.02 Å². The number of urea groups is 1. The Morgan fingerprint density at radius 1 is 1.02 bits per heavy atom. The molecule has 5 rings (SSSR count). The maximum atomic E-state index is 14.0. The number of halogens is 1. The molecule has 0 bridgehead atoms. The summed E-state index contributed by atoms with van der Waals surface area (Å²) in [6, 6.07) is 20.6. The third kappa shape index (κ3) is 5.76. The Morgan fingerprint density at radius 2 is 1.75 bits per heavy atom. The van der Waals surface area contributed by atoms with Crippen LogP contribution in [0.4, 0.5) is 4.79 Å². The summed E-state index contributed by atoms with van der Waals surface area (Å²) in [5, 5.41) is 16.5. The van der Waals surface area contributed by atoms with E-state index in [0.717, 1.165) is 22.3 Å². The third-order valence-corrected chi connectivity index (χ3v) is 7.70. The summed E-state index contributed by atoms with van der Waals surface area (Å²) in [5.41, 5.74) is 3.64. The Labute approximate surface area is 238 Å². The summed E-state index contributed by atoms with van der Waals surface area (Å²) in [5.74, 6) is -0.298. The molecule has 9 nitrogen and oxygen atoms in total. The number of aryl methyl sites for hydroxylation is 1. The minimum Gasteiger partial charge on any atom is -0.508 e. The molecule has 2 fully saturated rings. The van der Waals surface area contributed by atoms with Gasteiger partial charge in [-0.05, 0) is 53.4 Å². The molecule has 2 aliphatic heterocycles. The van der Waals surface area contributed by atoms with Gasteiger partial charge in [-0.3, -0.25) is 9.59 Å². The number of hydrazine groups is 1. The standard InChI is InChI=1S/C30H32ClN5O4/c1-20-14-24(31)11-10-23(20)17-34-18-27-35(26(29(34)39)15-21-8-12-25(37)13-9-21)28(38)19-33(2)36(27)30(40)32-16-22-6-4-3-5-7-22/h3-14,26-27,37H,15-19H2,1-2H3,(H,32,40)/t26-,27-/m0/s1. The van der Waals surface area contributed by atoms with Gasteiger partial charge in [0.15, 0.2) is 0 Å². The van der Waals surface area contributed by atoms with Gasteiger partial charge in [0.2, 0.25) is 11.8 Å². The molecule has 3 aromatic rings.